The monoisotopic (exact) mass is 505 g/mol. The maximum Gasteiger partial charge on any atom is 0.193 e. The summed E-state index contributed by atoms with van der Waals surface area (Å²) in [4.78, 5) is 16.3. The molecular formula is C36H27NO2. The predicted octanol–water partition coefficient (Wildman–Crippen LogP) is 8.80. The Bertz CT molecular complexity index is 1810. The highest BCUT2D eigenvalue weighted by Crippen LogP contribution is 2.64. The van der Waals surface area contributed by atoms with Gasteiger partial charge in [-0.2, -0.15) is 0 Å². The number of hydrogen-bond donors (Lipinski definition) is 0. The molecule has 0 saturated carbocycles. The number of nitrogens with zero attached hydrogens (tertiary/aromatic N) is 1. The van der Waals surface area contributed by atoms with Crippen LogP contribution in [0, 0.1) is 0 Å². The highest BCUT2D eigenvalue weighted by Gasteiger charge is 2.53. The molecule has 188 valence electrons. The number of benzene rings is 5. The van der Waals surface area contributed by atoms with Crippen LogP contribution < -0.4 is 9.64 Å². The molecule has 0 N–H and O–H groups in total. The molecule has 0 amide bonds. The summed E-state index contributed by atoms with van der Waals surface area (Å²) < 4.78 is 6.54. The van der Waals surface area contributed by atoms with Gasteiger partial charge in [-0.25, -0.2) is 0 Å². The maximum absolute atomic E-state index is 13.9. The first-order valence-corrected chi connectivity index (χ1v) is 13.5. The van der Waals surface area contributed by atoms with Gasteiger partial charge in [0.1, 0.15) is 0 Å². The van der Waals surface area contributed by atoms with E-state index in [4.69, 9.17) is 4.74 Å². The van der Waals surface area contributed by atoms with Crippen molar-refractivity contribution in [2.24, 2.45) is 0 Å². The highest BCUT2D eigenvalue weighted by atomic mass is 16.5. The normalized spacial score (nSPS) is 15.5. The molecule has 0 bridgehead atoms. The number of anilines is 3. The zero-order valence-electron chi connectivity index (χ0n) is 22.2. The standard InChI is InChI=1S/C36H27NO2/c1-35(2,3)22-19-20-29-28(21-22)36(25-13-6-4-11-23(25)34(38)24-12-5-7-14-26(24)36)27-15-10-18-32-33(27)37(29)30-16-8-9-17-31(30)39-32/h4-21H,1-3H3. The number of carbonyl (C=O) groups is 1. The Labute approximate surface area is 228 Å². The molecule has 1 spiro atoms. The number of carbonyl (C=O) groups excluding carboxylic acids is 1. The zero-order chi connectivity index (χ0) is 26.5. The van der Waals surface area contributed by atoms with Gasteiger partial charge in [0.2, 0.25) is 0 Å². The molecule has 8 rings (SSSR count). The van der Waals surface area contributed by atoms with Crippen molar-refractivity contribution in [2.45, 2.75) is 31.6 Å². The van der Waals surface area contributed by atoms with E-state index in [0.29, 0.717) is 0 Å². The molecule has 39 heavy (non-hydrogen) atoms. The summed E-state index contributed by atoms with van der Waals surface area (Å²) in [5.74, 6) is 1.74. The van der Waals surface area contributed by atoms with Gasteiger partial charge in [-0.1, -0.05) is 106 Å². The van der Waals surface area contributed by atoms with Crippen molar-refractivity contribution in [3.63, 3.8) is 0 Å². The van der Waals surface area contributed by atoms with Crippen molar-refractivity contribution in [2.75, 3.05) is 4.90 Å². The molecule has 2 aliphatic heterocycles. The number of ketones is 1. The Kier molecular flexibility index (Phi) is 4.29. The third kappa shape index (κ3) is 2.75. The molecular weight excluding hydrogens is 478 g/mol. The molecule has 0 radical (unpaired) electrons. The average Bonchev–Trinajstić information content (AvgIpc) is 2.96. The quantitative estimate of drug-likeness (QED) is 0.206. The molecule has 0 saturated heterocycles. The van der Waals surface area contributed by atoms with Crippen molar-refractivity contribution < 1.29 is 9.53 Å². The Balaban J connectivity index is 1.61. The minimum Gasteiger partial charge on any atom is -0.453 e. The van der Waals surface area contributed by atoms with Gasteiger partial charge in [-0.05, 0) is 57.5 Å². The SMILES string of the molecule is CC(C)(C)c1ccc2c(c1)C1(c3ccccc3C(=O)c3ccccc31)c1cccc3c1N2c1ccccc1O3. The molecule has 5 aromatic carbocycles. The number of ether oxygens (including phenoxy) is 1. The van der Waals surface area contributed by atoms with Crippen LogP contribution in [0.1, 0.15) is 64.5 Å². The van der Waals surface area contributed by atoms with Crippen LogP contribution >= 0.6 is 0 Å². The molecule has 0 fully saturated rings. The van der Waals surface area contributed by atoms with Gasteiger partial charge in [0.05, 0.1) is 22.5 Å². The molecule has 3 aliphatic rings. The summed E-state index contributed by atoms with van der Waals surface area (Å²) in [6, 6.07) is 37.8. The van der Waals surface area contributed by atoms with E-state index in [2.05, 4.69) is 98.5 Å². The fraction of sp³-hybridized carbons (Fsp3) is 0.139. The van der Waals surface area contributed by atoms with Crippen LogP contribution in [0.4, 0.5) is 17.1 Å². The average molecular weight is 506 g/mol. The summed E-state index contributed by atoms with van der Waals surface area (Å²) in [6.07, 6.45) is 0. The lowest BCUT2D eigenvalue weighted by atomic mass is 9.57. The second-order valence-corrected chi connectivity index (χ2v) is 11.7. The van der Waals surface area contributed by atoms with E-state index in [0.717, 1.165) is 56.4 Å². The lowest BCUT2D eigenvalue weighted by molar-refractivity contribution is 0.103. The van der Waals surface area contributed by atoms with E-state index in [1.807, 2.05) is 36.4 Å². The van der Waals surface area contributed by atoms with Gasteiger partial charge < -0.3 is 9.64 Å². The molecule has 1 aliphatic carbocycles. The smallest absolute Gasteiger partial charge is 0.193 e. The summed E-state index contributed by atoms with van der Waals surface area (Å²) >= 11 is 0. The van der Waals surface area contributed by atoms with E-state index in [-0.39, 0.29) is 11.2 Å². The molecule has 0 aromatic heterocycles. The van der Waals surface area contributed by atoms with Crippen LogP contribution in [0.25, 0.3) is 0 Å². The summed E-state index contributed by atoms with van der Waals surface area (Å²) in [5.41, 5.74) is 9.55. The van der Waals surface area contributed by atoms with Crippen LogP contribution in [-0.2, 0) is 10.8 Å². The van der Waals surface area contributed by atoms with E-state index in [1.165, 1.54) is 11.1 Å². The minimum atomic E-state index is -0.685. The molecule has 3 nitrogen and oxygen atoms in total. The van der Waals surface area contributed by atoms with Crippen LogP contribution in [0.15, 0.2) is 109 Å². The van der Waals surface area contributed by atoms with E-state index in [1.54, 1.807) is 0 Å². The van der Waals surface area contributed by atoms with E-state index in [9.17, 15) is 4.79 Å². The van der Waals surface area contributed by atoms with Crippen molar-refractivity contribution in [1.82, 2.24) is 0 Å². The van der Waals surface area contributed by atoms with Crippen LogP contribution in [0.3, 0.4) is 0 Å². The maximum atomic E-state index is 13.9. The van der Waals surface area contributed by atoms with Gasteiger partial charge in [0.15, 0.2) is 17.3 Å². The molecule has 2 heterocycles. The van der Waals surface area contributed by atoms with Crippen LogP contribution in [-0.4, -0.2) is 5.78 Å². The first kappa shape index (κ1) is 22.4. The van der Waals surface area contributed by atoms with Crippen molar-refractivity contribution in [1.29, 1.82) is 0 Å². The van der Waals surface area contributed by atoms with Crippen molar-refractivity contribution in [3.8, 4) is 11.5 Å². The molecule has 5 aromatic rings. The second kappa shape index (κ2) is 7.48. The predicted molar refractivity (Wildman–Crippen MR) is 155 cm³/mol. The molecule has 3 heteroatoms. The lowest BCUT2D eigenvalue weighted by Crippen LogP contribution is -2.43. The largest absolute Gasteiger partial charge is 0.453 e. The first-order chi connectivity index (χ1) is 18.9. The van der Waals surface area contributed by atoms with Gasteiger partial charge in [0, 0.05) is 11.1 Å². The number of fused-ring (bicyclic) bond motifs is 10. The van der Waals surface area contributed by atoms with E-state index >= 15 is 0 Å². The van der Waals surface area contributed by atoms with Crippen LogP contribution in [0.2, 0.25) is 0 Å². The summed E-state index contributed by atoms with van der Waals surface area (Å²) in [5, 5.41) is 0. The fourth-order valence-corrected chi connectivity index (χ4v) is 6.89. The Hall–Kier alpha value is -4.63. The fourth-order valence-electron chi connectivity index (χ4n) is 6.89. The zero-order valence-corrected chi connectivity index (χ0v) is 22.2. The van der Waals surface area contributed by atoms with Gasteiger partial charge in [-0.3, -0.25) is 4.79 Å². The highest BCUT2D eigenvalue weighted by molar-refractivity contribution is 6.15. The van der Waals surface area contributed by atoms with Gasteiger partial charge in [0.25, 0.3) is 0 Å². The lowest BCUT2D eigenvalue weighted by Gasteiger charge is -2.50. The Morgan fingerprint density at radius 1 is 0.615 bits per heavy atom. The summed E-state index contributed by atoms with van der Waals surface area (Å²) in [7, 11) is 0. The third-order valence-corrected chi connectivity index (χ3v) is 8.61. The van der Waals surface area contributed by atoms with Gasteiger partial charge >= 0.3 is 0 Å². The molecule has 0 atom stereocenters. The van der Waals surface area contributed by atoms with E-state index < -0.39 is 5.41 Å². The van der Waals surface area contributed by atoms with Crippen molar-refractivity contribution >= 4 is 22.8 Å². The van der Waals surface area contributed by atoms with Gasteiger partial charge in [-0.15, -0.1) is 0 Å². The van der Waals surface area contributed by atoms with Crippen LogP contribution in [0.5, 0.6) is 11.5 Å². The third-order valence-electron chi connectivity index (χ3n) is 8.61. The number of rotatable bonds is 0. The minimum absolute atomic E-state index is 0.0508. The second-order valence-electron chi connectivity index (χ2n) is 11.7. The number of hydrogen-bond acceptors (Lipinski definition) is 3. The summed E-state index contributed by atoms with van der Waals surface area (Å²) in [6.45, 7) is 6.77. The van der Waals surface area contributed by atoms with Crippen molar-refractivity contribution in [3.05, 3.63) is 148 Å². The molecule has 0 unspecified atom stereocenters. The topological polar surface area (TPSA) is 29.5 Å². The first-order valence-electron chi connectivity index (χ1n) is 13.5. The Morgan fingerprint density at radius 3 is 1.95 bits per heavy atom. The Morgan fingerprint density at radius 2 is 1.23 bits per heavy atom. The number of para-hydroxylation sites is 3.